The van der Waals surface area contributed by atoms with Gasteiger partial charge in [-0.15, -0.1) is 0 Å². The average Bonchev–Trinajstić information content (AvgIpc) is 2.59. The molecule has 0 saturated carbocycles. The van der Waals surface area contributed by atoms with Crippen LogP contribution in [-0.4, -0.2) is 15.0 Å². The van der Waals surface area contributed by atoms with E-state index in [1.54, 1.807) is 12.4 Å². The van der Waals surface area contributed by atoms with Crippen LogP contribution in [0.15, 0.2) is 23.1 Å². The zero-order chi connectivity index (χ0) is 6.81. The largest absolute Gasteiger partial charge is 0.440 e. The monoisotopic (exact) mass is 134 g/mol. The number of imidazole rings is 1. The Bertz CT molecular complexity index is 252. The Morgan fingerprint density at radius 1 is 1.60 bits per heavy atom. The van der Waals surface area contributed by atoms with E-state index in [0.29, 0.717) is 11.5 Å². The van der Waals surface area contributed by atoms with E-state index >= 15 is 0 Å². The second-order valence-electron chi connectivity index (χ2n) is 1.76. The number of aromatic nitrogens is 3. The summed E-state index contributed by atoms with van der Waals surface area (Å²) in [6.07, 6.45) is 7.20. The first-order chi connectivity index (χ1) is 4.97. The zero-order valence-electron chi connectivity index (χ0n) is 5.03. The zero-order valence-corrected chi connectivity index (χ0v) is 5.03. The maximum Gasteiger partial charge on any atom is 0.284 e. The third kappa shape index (κ3) is 0.699. The maximum atomic E-state index is 4.64. The molecule has 0 aliphatic heterocycles. The van der Waals surface area contributed by atoms with E-state index in [0.717, 1.165) is 0 Å². The molecule has 0 bridgehead atoms. The van der Waals surface area contributed by atoms with Gasteiger partial charge in [0, 0.05) is 12.4 Å². The highest BCUT2D eigenvalue weighted by molar-refractivity contribution is 5.45. The first kappa shape index (κ1) is 5.22. The molecule has 0 fully saturated rings. The second-order valence-corrected chi connectivity index (χ2v) is 1.76. The first-order valence-electron chi connectivity index (χ1n) is 2.78. The standard InChI is InChI=1S/C6H4N3O/c1-2-8-6(7-1)5-3-10-4-9-5/h1-3H,(H,7,8). The summed E-state index contributed by atoms with van der Waals surface area (Å²) in [4.78, 5) is 10.6. The minimum Gasteiger partial charge on any atom is -0.440 e. The molecule has 4 nitrogen and oxygen atoms in total. The fourth-order valence-electron chi connectivity index (χ4n) is 0.698. The molecule has 10 heavy (non-hydrogen) atoms. The number of nitrogens with one attached hydrogen (secondary N) is 1. The lowest BCUT2D eigenvalue weighted by Crippen LogP contribution is -1.77. The van der Waals surface area contributed by atoms with Gasteiger partial charge >= 0.3 is 0 Å². The van der Waals surface area contributed by atoms with Gasteiger partial charge in [-0.25, -0.2) is 9.97 Å². The van der Waals surface area contributed by atoms with Crippen LogP contribution in [0, 0.1) is 6.39 Å². The lowest BCUT2D eigenvalue weighted by Gasteiger charge is -1.82. The number of H-pyrrole nitrogens is 1. The summed E-state index contributed by atoms with van der Waals surface area (Å²) in [5.41, 5.74) is 0.671. The van der Waals surface area contributed by atoms with Gasteiger partial charge in [-0.3, -0.25) is 0 Å². The molecule has 49 valence electrons. The van der Waals surface area contributed by atoms with Crippen LogP contribution in [0.5, 0.6) is 0 Å². The molecule has 0 aliphatic rings. The predicted molar refractivity (Wildman–Crippen MR) is 32.9 cm³/mol. The van der Waals surface area contributed by atoms with Crippen molar-refractivity contribution in [3.05, 3.63) is 25.1 Å². The van der Waals surface area contributed by atoms with Gasteiger partial charge in [-0.1, -0.05) is 0 Å². The van der Waals surface area contributed by atoms with Crippen molar-refractivity contribution in [2.45, 2.75) is 0 Å². The molecule has 2 heterocycles. The smallest absolute Gasteiger partial charge is 0.284 e. The molecule has 2 aromatic rings. The van der Waals surface area contributed by atoms with Crippen molar-refractivity contribution >= 4 is 0 Å². The third-order valence-electron chi connectivity index (χ3n) is 1.13. The van der Waals surface area contributed by atoms with Gasteiger partial charge in [0.15, 0.2) is 5.82 Å². The normalized spacial score (nSPS) is 10.0. The molecule has 0 amide bonds. The van der Waals surface area contributed by atoms with Gasteiger partial charge < -0.3 is 9.40 Å². The Kier molecular flexibility index (Phi) is 1.04. The fourth-order valence-corrected chi connectivity index (χ4v) is 0.698. The summed E-state index contributed by atoms with van der Waals surface area (Å²) >= 11 is 0. The number of nitrogens with zero attached hydrogens (tertiary/aromatic N) is 2. The highest BCUT2D eigenvalue weighted by Crippen LogP contribution is 2.08. The lowest BCUT2D eigenvalue weighted by atomic mass is 10.5. The molecule has 0 aromatic carbocycles. The summed E-state index contributed by atoms with van der Waals surface area (Å²) in [7, 11) is 0. The van der Waals surface area contributed by atoms with E-state index in [2.05, 4.69) is 25.8 Å². The Hall–Kier alpha value is -1.58. The van der Waals surface area contributed by atoms with E-state index in [-0.39, 0.29) is 0 Å². The summed E-state index contributed by atoms with van der Waals surface area (Å²) in [5.74, 6) is 0.699. The molecule has 2 rings (SSSR count). The van der Waals surface area contributed by atoms with Crippen LogP contribution in [-0.2, 0) is 0 Å². The van der Waals surface area contributed by atoms with E-state index in [1.807, 2.05) is 0 Å². The van der Waals surface area contributed by atoms with Crippen molar-refractivity contribution in [2.24, 2.45) is 0 Å². The van der Waals surface area contributed by atoms with Crippen LogP contribution in [0.3, 0.4) is 0 Å². The quantitative estimate of drug-likeness (QED) is 0.629. The number of oxazole rings is 1. The summed E-state index contributed by atoms with van der Waals surface area (Å²) in [6, 6.07) is 0. The molecule has 0 aliphatic carbocycles. The molecule has 0 spiro atoms. The van der Waals surface area contributed by atoms with Crippen LogP contribution in [0.4, 0.5) is 0 Å². The van der Waals surface area contributed by atoms with Crippen LogP contribution in [0.2, 0.25) is 0 Å². The van der Waals surface area contributed by atoms with Gasteiger partial charge in [0.2, 0.25) is 0 Å². The van der Waals surface area contributed by atoms with Crippen LogP contribution in [0.1, 0.15) is 0 Å². The van der Waals surface area contributed by atoms with Crippen molar-refractivity contribution < 1.29 is 4.42 Å². The summed E-state index contributed by atoms with van der Waals surface area (Å²) in [5, 5.41) is 0. The molecule has 0 saturated heterocycles. The predicted octanol–water partition coefficient (Wildman–Crippen LogP) is 0.865. The molecule has 0 atom stereocenters. The Morgan fingerprint density at radius 3 is 3.20 bits per heavy atom. The van der Waals surface area contributed by atoms with Crippen LogP contribution in [0.25, 0.3) is 11.5 Å². The Balaban J connectivity index is 2.48. The second kappa shape index (κ2) is 1.98. The topological polar surface area (TPSA) is 54.7 Å². The van der Waals surface area contributed by atoms with Crippen LogP contribution >= 0.6 is 0 Å². The molecular formula is C6H4N3O. The Morgan fingerprint density at radius 2 is 2.60 bits per heavy atom. The highest BCUT2D eigenvalue weighted by atomic mass is 16.3. The van der Waals surface area contributed by atoms with Gasteiger partial charge in [0.25, 0.3) is 6.39 Å². The molecule has 2 aromatic heterocycles. The molecular weight excluding hydrogens is 130 g/mol. The number of hydrogen-bond donors (Lipinski definition) is 1. The van der Waals surface area contributed by atoms with Crippen molar-refractivity contribution in [2.75, 3.05) is 0 Å². The summed E-state index contributed by atoms with van der Waals surface area (Å²) in [6.45, 7) is 0. The molecule has 1 radical (unpaired) electrons. The van der Waals surface area contributed by atoms with Crippen molar-refractivity contribution in [3.63, 3.8) is 0 Å². The minimum atomic E-state index is 0.671. The molecule has 1 N–H and O–H groups in total. The van der Waals surface area contributed by atoms with E-state index in [9.17, 15) is 0 Å². The van der Waals surface area contributed by atoms with Gasteiger partial charge in [-0.05, 0) is 0 Å². The van der Waals surface area contributed by atoms with Crippen molar-refractivity contribution in [1.82, 2.24) is 15.0 Å². The van der Waals surface area contributed by atoms with Gasteiger partial charge in [0.05, 0.1) is 0 Å². The summed E-state index contributed by atoms with van der Waals surface area (Å²) < 4.78 is 4.64. The van der Waals surface area contributed by atoms with Crippen molar-refractivity contribution in [1.29, 1.82) is 0 Å². The molecule has 0 unspecified atom stereocenters. The maximum absolute atomic E-state index is 4.64. The average molecular weight is 134 g/mol. The lowest BCUT2D eigenvalue weighted by molar-refractivity contribution is 0.548. The number of hydrogen-bond acceptors (Lipinski definition) is 3. The molecule has 4 heteroatoms. The highest BCUT2D eigenvalue weighted by Gasteiger charge is 2.00. The van der Waals surface area contributed by atoms with E-state index in [4.69, 9.17) is 0 Å². The third-order valence-corrected chi connectivity index (χ3v) is 1.13. The SMILES string of the molecule is [c]1nc(-c2ncc[nH]2)co1. The fraction of sp³-hybridized carbons (Fsp3) is 0. The minimum absolute atomic E-state index is 0.671. The Labute approximate surface area is 56.9 Å². The van der Waals surface area contributed by atoms with E-state index in [1.165, 1.54) is 6.26 Å². The van der Waals surface area contributed by atoms with Gasteiger partial charge in [0.1, 0.15) is 12.0 Å². The van der Waals surface area contributed by atoms with E-state index < -0.39 is 0 Å². The number of rotatable bonds is 1. The first-order valence-corrected chi connectivity index (χ1v) is 2.78. The van der Waals surface area contributed by atoms with Gasteiger partial charge in [-0.2, -0.15) is 0 Å². The van der Waals surface area contributed by atoms with Crippen LogP contribution < -0.4 is 0 Å². The van der Waals surface area contributed by atoms with Crippen molar-refractivity contribution in [3.8, 4) is 11.5 Å². The number of aromatic amines is 1.